The summed E-state index contributed by atoms with van der Waals surface area (Å²) in [5.41, 5.74) is 3.13. The molecule has 1 aliphatic heterocycles. The van der Waals surface area contributed by atoms with Crippen molar-refractivity contribution in [1.82, 2.24) is 0 Å². The predicted octanol–water partition coefficient (Wildman–Crippen LogP) is 5.19. The third-order valence-electron chi connectivity index (χ3n) is 3.56. The summed E-state index contributed by atoms with van der Waals surface area (Å²) in [5, 5.41) is 10.6. The highest BCUT2D eigenvalue weighted by Crippen LogP contribution is 2.36. The number of halogens is 3. The lowest BCUT2D eigenvalue weighted by atomic mass is 9.99. The van der Waals surface area contributed by atoms with Gasteiger partial charge in [-0.1, -0.05) is 53.9 Å². The topological polar surface area (TPSA) is 29.5 Å². The molecule has 0 saturated carbocycles. The maximum atomic E-state index is 10.6. The number of aliphatic hydroxyl groups excluding tert-OH is 1. The first kappa shape index (κ1) is 15.5. The molecule has 1 atom stereocenters. The minimum absolute atomic E-state index is 0.530. The normalized spacial score (nSPS) is 14.7. The van der Waals surface area contributed by atoms with Crippen LogP contribution in [0, 0.1) is 0 Å². The van der Waals surface area contributed by atoms with Crippen LogP contribution in [-0.2, 0) is 12.8 Å². The fourth-order valence-electron chi connectivity index (χ4n) is 2.59. The van der Waals surface area contributed by atoms with Crippen molar-refractivity contribution in [3.63, 3.8) is 0 Å². The van der Waals surface area contributed by atoms with E-state index in [4.69, 9.17) is 4.74 Å². The summed E-state index contributed by atoms with van der Waals surface area (Å²) in [7, 11) is 0. The summed E-state index contributed by atoms with van der Waals surface area (Å²) >= 11 is 10.5. The van der Waals surface area contributed by atoms with E-state index < -0.39 is 6.10 Å². The van der Waals surface area contributed by atoms with Crippen LogP contribution in [0.5, 0.6) is 5.75 Å². The van der Waals surface area contributed by atoms with Gasteiger partial charge in [-0.25, -0.2) is 0 Å². The second-order valence-electron chi connectivity index (χ2n) is 5.04. The maximum Gasteiger partial charge on any atom is 0.125 e. The molecule has 0 saturated heterocycles. The molecule has 1 aliphatic rings. The molecule has 2 aromatic rings. The highest BCUT2D eigenvalue weighted by atomic mass is 79.9. The van der Waals surface area contributed by atoms with E-state index in [1.807, 2.05) is 24.3 Å². The van der Waals surface area contributed by atoms with Gasteiger partial charge in [-0.3, -0.25) is 0 Å². The van der Waals surface area contributed by atoms with Gasteiger partial charge in [0.25, 0.3) is 0 Å². The van der Waals surface area contributed by atoms with Gasteiger partial charge < -0.3 is 9.84 Å². The average molecular weight is 477 g/mol. The number of ether oxygens (including phenoxy) is 1. The van der Waals surface area contributed by atoms with Crippen LogP contribution in [0.15, 0.2) is 43.7 Å². The Kier molecular flexibility index (Phi) is 4.74. The largest absolute Gasteiger partial charge is 0.493 e. The lowest BCUT2D eigenvalue weighted by Crippen LogP contribution is -2.04. The molecule has 2 nitrogen and oxygen atoms in total. The van der Waals surface area contributed by atoms with Crippen LogP contribution in [-0.4, -0.2) is 11.7 Å². The molecule has 0 aromatic heterocycles. The zero-order valence-electron chi connectivity index (χ0n) is 11.1. The van der Waals surface area contributed by atoms with Crippen molar-refractivity contribution < 1.29 is 9.84 Å². The first-order chi connectivity index (χ1) is 10.0. The van der Waals surface area contributed by atoms with Crippen LogP contribution in [0.25, 0.3) is 0 Å². The summed E-state index contributed by atoms with van der Waals surface area (Å²) < 4.78 is 8.63. The molecule has 2 aromatic carbocycles. The number of hydrogen-bond donors (Lipinski definition) is 1. The van der Waals surface area contributed by atoms with Gasteiger partial charge in [0.15, 0.2) is 0 Å². The maximum absolute atomic E-state index is 10.6. The van der Waals surface area contributed by atoms with Gasteiger partial charge in [-0.05, 0) is 41.0 Å². The summed E-state index contributed by atoms with van der Waals surface area (Å²) in [6, 6.07) is 9.93. The molecule has 0 bridgehead atoms. The molecule has 5 heteroatoms. The van der Waals surface area contributed by atoms with E-state index >= 15 is 0 Å². The zero-order chi connectivity index (χ0) is 15.0. The molecule has 110 valence electrons. The molecule has 0 spiro atoms. The molecule has 0 amide bonds. The second kappa shape index (κ2) is 6.41. The van der Waals surface area contributed by atoms with E-state index in [9.17, 15) is 5.11 Å². The third kappa shape index (κ3) is 3.36. The van der Waals surface area contributed by atoms with Gasteiger partial charge in [0.2, 0.25) is 0 Å². The molecule has 3 rings (SSSR count). The lowest BCUT2D eigenvalue weighted by Gasteiger charge is -2.16. The summed E-state index contributed by atoms with van der Waals surface area (Å²) in [5.74, 6) is 0.936. The Hall–Kier alpha value is -0.360. The van der Waals surface area contributed by atoms with Crippen LogP contribution in [0.2, 0.25) is 0 Å². The Balaban J connectivity index is 1.90. The van der Waals surface area contributed by atoms with Crippen molar-refractivity contribution >= 4 is 47.8 Å². The fraction of sp³-hybridized carbons (Fsp3) is 0.250. The van der Waals surface area contributed by atoms with Gasteiger partial charge >= 0.3 is 0 Å². The molecular weight excluding hydrogens is 464 g/mol. The van der Waals surface area contributed by atoms with Crippen molar-refractivity contribution in [1.29, 1.82) is 0 Å². The number of fused-ring (bicyclic) bond motifs is 1. The molecule has 1 heterocycles. The summed E-state index contributed by atoms with van der Waals surface area (Å²) in [4.78, 5) is 0. The minimum atomic E-state index is -0.574. The first-order valence-electron chi connectivity index (χ1n) is 6.61. The Morgan fingerprint density at radius 1 is 1.10 bits per heavy atom. The Bertz CT molecular complexity index is 685. The summed E-state index contributed by atoms with van der Waals surface area (Å²) in [6.45, 7) is 0.719. The van der Waals surface area contributed by atoms with E-state index in [-0.39, 0.29) is 0 Å². The highest BCUT2D eigenvalue weighted by Gasteiger charge is 2.21. The predicted molar refractivity (Wildman–Crippen MR) is 93.8 cm³/mol. The van der Waals surface area contributed by atoms with Crippen LogP contribution >= 0.6 is 47.8 Å². The minimum Gasteiger partial charge on any atom is -0.493 e. The Morgan fingerprint density at radius 3 is 2.67 bits per heavy atom. The zero-order valence-corrected chi connectivity index (χ0v) is 15.8. The molecule has 0 aliphatic carbocycles. The third-order valence-corrected chi connectivity index (χ3v) is 5.20. The number of hydrogen-bond acceptors (Lipinski definition) is 2. The van der Waals surface area contributed by atoms with Crippen molar-refractivity contribution in [3.8, 4) is 5.75 Å². The van der Waals surface area contributed by atoms with Crippen molar-refractivity contribution in [2.75, 3.05) is 6.61 Å². The molecule has 0 radical (unpaired) electrons. The first-order valence-corrected chi connectivity index (χ1v) is 8.99. The Morgan fingerprint density at radius 2 is 1.90 bits per heavy atom. The van der Waals surface area contributed by atoms with E-state index in [0.29, 0.717) is 6.42 Å². The second-order valence-corrected chi connectivity index (χ2v) is 7.72. The van der Waals surface area contributed by atoms with Crippen LogP contribution in [0.3, 0.4) is 0 Å². The standard InChI is InChI=1S/C16H13Br3O2/c17-11-1-2-13(14(19)8-11)15(20)7-10-6-12(18)5-9-3-4-21-16(9)10/h1-2,5-6,8,15,20H,3-4,7H2. The van der Waals surface area contributed by atoms with Crippen molar-refractivity contribution in [2.45, 2.75) is 18.9 Å². The monoisotopic (exact) mass is 474 g/mol. The fourth-order valence-corrected chi connectivity index (χ4v) is 4.45. The van der Waals surface area contributed by atoms with E-state index in [2.05, 4.69) is 53.9 Å². The summed E-state index contributed by atoms with van der Waals surface area (Å²) in [6.07, 6.45) is 0.886. The van der Waals surface area contributed by atoms with Crippen molar-refractivity contribution in [2.24, 2.45) is 0 Å². The molecular formula is C16H13Br3O2. The SMILES string of the molecule is OC(Cc1cc(Br)cc2c1OCC2)c1ccc(Br)cc1Br. The van der Waals surface area contributed by atoms with Gasteiger partial charge in [0, 0.05) is 26.3 Å². The van der Waals surface area contributed by atoms with E-state index in [0.717, 1.165) is 43.3 Å². The van der Waals surface area contributed by atoms with E-state index in [1.165, 1.54) is 5.56 Å². The quantitative estimate of drug-likeness (QED) is 0.661. The van der Waals surface area contributed by atoms with E-state index in [1.54, 1.807) is 0 Å². The van der Waals surface area contributed by atoms with Gasteiger partial charge in [-0.15, -0.1) is 0 Å². The molecule has 1 unspecified atom stereocenters. The van der Waals surface area contributed by atoms with Crippen LogP contribution in [0.1, 0.15) is 22.8 Å². The van der Waals surface area contributed by atoms with Crippen LogP contribution < -0.4 is 4.74 Å². The smallest absolute Gasteiger partial charge is 0.125 e. The number of aliphatic hydroxyl groups is 1. The van der Waals surface area contributed by atoms with Gasteiger partial charge in [0.1, 0.15) is 5.75 Å². The van der Waals surface area contributed by atoms with Gasteiger partial charge in [0.05, 0.1) is 12.7 Å². The van der Waals surface area contributed by atoms with Crippen LogP contribution in [0.4, 0.5) is 0 Å². The Labute approximate surface area is 148 Å². The molecule has 1 N–H and O–H groups in total. The molecule has 0 fully saturated rings. The van der Waals surface area contributed by atoms with Gasteiger partial charge in [-0.2, -0.15) is 0 Å². The number of rotatable bonds is 3. The molecule has 21 heavy (non-hydrogen) atoms. The highest BCUT2D eigenvalue weighted by molar-refractivity contribution is 9.11. The number of benzene rings is 2. The average Bonchev–Trinajstić information content (AvgIpc) is 2.86. The lowest BCUT2D eigenvalue weighted by molar-refractivity contribution is 0.176. The van der Waals surface area contributed by atoms with Crippen molar-refractivity contribution in [3.05, 3.63) is 60.4 Å².